The summed E-state index contributed by atoms with van der Waals surface area (Å²) < 4.78 is 0. The summed E-state index contributed by atoms with van der Waals surface area (Å²) in [5.74, 6) is 0.825. The van der Waals surface area contributed by atoms with Crippen LogP contribution >= 0.6 is 24.0 Å². The summed E-state index contributed by atoms with van der Waals surface area (Å²) in [4.78, 5) is 17.9. The molecule has 1 saturated heterocycles. The number of primary amides is 1. The quantitative estimate of drug-likeness (QED) is 0.199. The number of halogens is 1. The van der Waals surface area contributed by atoms with Crippen LogP contribution in [0.25, 0.3) is 0 Å². The summed E-state index contributed by atoms with van der Waals surface area (Å²) >= 11 is 0. The zero-order valence-electron chi connectivity index (χ0n) is 17.0. The fourth-order valence-electron chi connectivity index (χ4n) is 3.47. The number of piperidine rings is 1. The fraction of sp³-hybridized carbons (Fsp3) is 0.619. The number of benzene rings is 1. The third-order valence-electron chi connectivity index (χ3n) is 5.18. The molecule has 28 heavy (non-hydrogen) atoms. The van der Waals surface area contributed by atoms with Crippen LogP contribution in [-0.2, 0) is 11.2 Å². The Bertz CT molecular complexity index is 573. The Morgan fingerprint density at radius 3 is 2.36 bits per heavy atom. The van der Waals surface area contributed by atoms with Crippen molar-refractivity contribution in [3.63, 3.8) is 0 Å². The molecule has 1 fully saturated rings. The lowest BCUT2D eigenvalue weighted by atomic mass is 9.96. The van der Waals surface area contributed by atoms with Crippen molar-refractivity contribution in [2.24, 2.45) is 16.6 Å². The van der Waals surface area contributed by atoms with Crippen LogP contribution in [0.2, 0.25) is 0 Å². The van der Waals surface area contributed by atoms with Gasteiger partial charge >= 0.3 is 0 Å². The SMILES string of the molecule is CN=C(NCCCCN1CCC(C(N)=O)CC1)NCCCc1ccccc1.I. The van der Waals surface area contributed by atoms with Crippen molar-refractivity contribution in [3.05, 3.63) is 35.9 Å². The van der Waals surface area contributed by atoms with Crippen LogP contribution in [-0.4, -0.2) is 56.5 Å². The van der Waals surface area contributed by atoms with E-state index < -0.39 is 0 Å². The maximum Gasteiger partial charge on any atom is 0.220 e. The summed E-state index contributed by atoms with van der Waals surface area (Å²) in [5.41, 5.74) is 6.76. The summed E-state index contributed by atoms with van der Waals surface area (Å²) in [5, 5.41) is 6.77. The van der Waals surface area contributed by atoms with Crippen molar-refractivity contribution in [1.82, 2.24) is 15.5 Å². The molecule has 4 N–H and O–H groups in total. The first-order valence-electron chi connectivity index (χ1n) is 10.2. The fourth-order valence-corrected chi connectivity index (χ4v) is 3.47. The van der Waals surface area contributed by atoms with E-state index in [2.05, 4.69) is 50.9 Å². The Morgan fingerprint density at radius 2 is 1.75 bits per heavy atom. The lowest BCUT2D eigenvalue weighted by Gasteiger charge is -2.30. The minimum Gasteiger partial charge on any atom is -0.369 e. The monoisotopic (exact) mass is 501 g/mol. The first-order valence-corrected chi connectivity index (χ1v) is 10.2. The number of likely N-dealkylation sites (tertiary alicyclic amines) is 1. The smallest absolute Gasteiger partial charge is 0.220 e. The molecule has 6 nitrogen and oxygen atoms in total. The van der Waals surface area contributed by atoms with Gasteiger partial charge in [0.2, 0.25) is 5.91 Å². The highest BCUT2D eigenvalue weighted by Crippen LogP contribution is 2.16. The number of rotatable bonds is 10. The maximum atomic E-state index is 11.2. The van der Waals surface area contributed by atoms with Crippen LogP contribution in [0.4, 0.5) is 0 Å². The van der Waals surface area contributed by atoms with Gasteiger partial charge in [0, 0.05) is 26.1 Å². The van der Waals surface area contributed by atoms with Crippen molar-refractivity contribution in [2.45, 2.75) is 38.5 Å². The zero-order valence-corrected chi connectivity index (χ0v) is 19.4. The van der Waals surface area contributed by atoms with Crippen molar-refractivity contribution < 1.29 is 4.79 Å². The summed E-state index contributed by atoms with van der Waals surface area (Å²) in [6, 6.07) is 10.6. The molecular formula is C21H36IN5O. The second-order valence-electron chi connectivity index (χ2n) is 7.24. The van der Waals surface area contributed by atoms with E-state index in [-0.39, 0.29) is 35.8 Å². The molecule has 7 heteroatoms. The maximum absolute atomic E-state index is 11.2. The molecule has 158 valence electrons. The van der Waals surface area contributed by atoms with Gasteiger partial charge in [-0.25, -0.2) is 0 Å². The number of amides is 1. The van der Waals surface area contributed by atoms with Crippen LogP contribution in [0.3, 0.4) is 0 Å². The molecule has 0 unspecified atom stereocenters. The molecule has 0 bridgehead atoms. The van der Waals surface area contributed by atoms with Gasteiger partial charge in [0.1, 0.15) is 0 Å². The summed E-state index contributed by atoms with van der Waals surface area (Å²) in [6.07, 6.45) is 6.25. The van der Waals surface area contributed by atoms with Crippen molar-refractivity contribution in [3.8, 4) is 0 Å². The van der Waals surface area contributed by atoms with E-state index >= 15 is 0 Å². The van der Waals surface area contributed by atoms with Crippen molar-refractivity contribution in [2.75, 3.05) is 39.8 Å². The molecule has 1 heterocycles. The number of aliphatic imine (C=N–C) groups is 1. The van der Waals surface area contributed by atoms with E-state index in [0.717, 1.165) is 77.2 Å². The van der Waals surface area contributed by atoms with Crippen LogP contribution in [0.1, 0.15) is 37.7 Å². The van der Waals surface area contributed by atoms with E-state index in [1.807, 2.05) is 7.05 Å². The number of carbonyl (C=O) groups excluding carboxylic acids is 1. The standard InChI is InChI=1S/C21H35N5O.HI/c1-23-21(25-14-7-10-18-8-3-2-4-9-18)24-13-5-6-15-26-16-11-19(12-17-26)20(22)27;/h2-4,8-9,19H,5-7,10-17H2,1H3,(H2,22,27)(H2,23,24,25);1H. The Morgan fingerprint density at radius 1 is 1.11 bits per heavy atom. The summed E-state index contributed by atoms with van der Waals surface area (Å²) in [6.45, 7) is 4.92. The molecule has 1 aromatic carbocycles. The molecule has 0 radical (unpaired) electrons. The Hall–Kier alpha value is -1.35. The highest BCUT2D eigenvalue weighted by atomic mass is 127. The van der Waals surface area contributed by atoms with Gasteiger partial charge in [-0.15, -0.1) is 24.0 Å². The van der Waals surface area contributed by atoms with E-state index in [4.69, 9.17) is 5.73 Å². The molecule has 0 spiro atoms. The zero-order chi connectivity index (χ0) is 19.3. The minimum atomic E-state index is -0.137. The molecule has 0 saturated carbocycles. The molecule has 1 aromatic rings. The lowest BCUT2D eigenvalue weighted by molar-refractivity contribution is -0.123. The van der Waals surface area contributed by atoms with Crippen LogP contribution < -0.4 is 16.4 Å². The van der Waals surface area contributed by atoms with E-state index in [1.54, 1.807) is 0 Å². The molecule has 1 aliphatic heterocycles. The summed E-state index contributed by atoms with van der Waals surface area (Å²) in [7, 11) is 1.81. The Labute approximate surface area is 186 Å². The first-order chi connectivity index (χ1) is 13.2. The Kier molecular flexibility index (Phi) is 12.9. The predicted octanol–water partition coefficient (Wildman–Crippen LogP) is 2.38. The topological polar surface area (TPSA) is 82.8 Å². The number of hydrogen-bond donors (Lipinski definition) is 3. The number of hydrogen-bond acceptors (Lipinski definition) is 3. The van der Waals surface area contributed by atoms with E-state index in [0.29, 0.717) is 0 Å². The number of carbonyl (C=O) groups is 1. The van der Waals surface area contributed by atoms with Gasteiger partial charge in [-0.1, -0.05) is 30.3 Å². The highest BCUT2D eigenvalue weighted by Gasteiger charge is 2.22. The lowest BCUT2D eigenvalue weighted by Crippen LogP contribution is -2.40. The molecule has 1 aliphatic rings. The van der Waals surface area contributed by atoms with Crippen molar-refractivity contribution >= 4 is 35.8 Å². The van der Waals surface area contributed by atoms with E-state index in [9.17, 15) is 4.79 Å². The highest BCUT2D eigenvalue weighted by molar-refractivity contribution is 14.0. The van der Waals surface area contributed by atoms with E-state index in [1.165, 1.54) is 5.56 Å². The third kappa shape index (κ3) is 9.73. The number of nitrogens with two attached hydrogens (primary N) is 1. The van der Waals surface area contributed by atoms with Crippen molar-refractivity contribution in [1.29, 1.82) is 0 Å². The molecule has 0 atom stereocenters. The second kappa shape index (κ2) is 14.6. The van der Waals surface area contributed by atoms with Crippen LogP contribution in [0.5, 0.6) is 0 Å². The number of aryl methyl sites for hydroxylation is 1. The number of unbranched alkanes of at least 4 members (excludes halogenated alkanes) is 1. The van der Waals surface area contributed by atoms with Gasteiger partial charge < -0.3 is 21.3 Å². The minimum absolute atomic E-state index is 0. The number of nitrogens with one attached hydrogen (secondary N) is 2. The predicted molar refractivity (Wildman–Crippen MR) is 127 cm³/mol. The number of nitrogens with zero attached hydrogens (tertiary/aromatic N) is 2. The Balaban J connectivity index is 0.00000392. The normalized spacial score (nSPS) is 15.7. The van der Waals surface area contributed by atoms with Crippen LogP contribution in [0.15, 0.2) is 35.3 Å². The molecule has 0 aromatic heterocycles. The largest absolute Gasteiger partial charge is 0.369 e. The molecule has 0 aliphatic carbocycles. The van der Waals surface area contributed by atoms with Gasteiger partial charge in [0.05, 0.1) is 0 Å². The first kappa shape index (κ1) is 24.7. The average Bonchev–Trinajstić information content (AvgIpc) is 2.70. The van der Waals surface area contributed by atoms with Gasteiger partial charge in [-0.2, -0.15) is 0 Å². The van der Waals surface area contributed by atoms with Gasteiger partial charge in [-0.05, 0) is 63.7 Å². The van der Waals surface area contributed by atoms with Gasteiger partial charge in [0.15, 0.2) is 5.96 Å². The van der Waals surface area contributed by atoms with Gasteiger partial charge in [-0.3, -0.25) is 9.79 Å². The molecule has 1 amide bonds. The number of guanidine groups is 1. The van der Waals surface area contributed by atoms with Gasteiger partial charge in [0.25, 0.3) is 0 Å². The third-order valence-corrected chi connectivity index (χ3v) is 5.18. The van der Waals surface area contributed by atoms with Crippen LogP contribution in [0, 0.1) is 5.92 Å². The second-order valence-corrected chi connectivity index (χ2v) is 7.24. The molecular weight excluding hydrogens is 465 g/mol. The average molecular weight is 501 g/mol. The molecule has 2 rings (SSSR count).